The van der Waals surface area contributed by atoms with Crippen LogP contribution in [0.4, 0.5) is 0 Å². The Kier molecular flexibility index (Phi) is 2.62. The predicted molar refractivity (Wildman–Crippen MR) is 40.2 cm³/mol. The highest BCUT2D eigenvalue weighted by Gasteiger charge is 1.98. The minimum absolute atomic E-state index is 0.499. The van der Waals surface area contributed by atoms with Gasteiger partial charge in [0.25, 0.3) is 0 Å². The van der Waals surface area contributed by atoms with E-state index in [1.54, 1.807) is 5.51 Å². The highest BCUT2D eigenvalue weighted by Crippen LogP contribution is 2.04. The van der Waals surface area contributed by atoms with Gasteiger partial charge in [0.2, 0.25) is 0 Å². The Morgan fingerprint density at radius 1 is 1.70 bits per heavy atom. The molecule has 1 heterocycles. The van der Waals surface area contributed by atoms with Crippen molar-refractivity contribution < 1.29 is 4.74 Å². The van der Waals surface area contributed by atoms with E-state index in [4.69, 9.17) is 4.74 Å². The van der Waals surface area contributed by atoms with E-state index in [1.807, 2.05) is 0 Å². The summed E-state index contributed by atoms with van der Waals surface area (Å²) in [6.07, 6.45) is 0. The average Bonchev–Trinajstić information content (AvgIpc) is 2.34. The van der Waals surface area contributed by atoms with E-state index in [0.717, 1.165) is 0 Å². The van der Waals surface area contributed by atoms with Gasteiger partial charge < -0.3 is 4.74 Å². The van der Waals surface area contributed by atoms with E-state index >= 15 is 0 Å². The Labute approximate surface area is 64.2 Å². The number of hydrogen-bond donors (Lipinski definition) is 0. The molecule has 0 fully saturated rings. The molecule has 1 aromatic rings. The third-order valence-electron chi connectivity index (χ3n) is 0.887. The topological polar surface area (TPSA) is 35.0 Å². The second-order valence-corrected chi connectivity index (χ2v) is 3.02. The SMILES string of the molecule is CC(C)COc1ncsn1. The number of hydrogen-bond acceptors (Lipinski definition) is 4. The van der Waals surface area contributed by atoms with Crippen molar-refractivity contribution in [1.29, 1.82) is 0 Å². The molecule has 10 heavy (non-hydrogen) atoms. The lowest BCUT2D eigenvalue weighted by Gasteiger charge is -2.02. The Morgan fingerprint density at radius 2 is 2.50 bits per heavy atom. The van der Waals surface area contributed by atoms with Crippen LogP contribution in [-0.4, -0.2) is 16.0 Å². The lowest BCUT2D eigenvalue weighted by Crippen LogP contribution is -2.05. The molecule has 0 amide bonds. The first kappa shape index (κ1) is 7.47. The summed E-state index contributed by atoms with van der Waals surface area (Å²) in [6.45, 7) is 4.87. The molecule has 3 nitrogen and oxygen atoms in total. The molecule has 1 aromatic heterocycles. The molecule has 1 rings (SSSR count). The van der Waals surface area contributed by atoms with Crippen LogP contribution in [0.5, 0.6) is 6.01 Å². The maximum Gasteiger partial charge on any atom is 0.328 e. The molecular formula is C6H10N2OS. The van der Waals surface area contributed by atoms with Crippen LogP contribution in [0.2, 0.25) is 0 Å². The van der Waals surface area contributed by atoms with E-state index < -0.39 is 0 Å². The van der Waals surface area contributed by atoms with Crippen LogP contribution in [0.3, 0.4) is 0 Å². The van der Waals surface area contributed by atoms with Crippen molar-refractivity contribution in [3.8, 4) is 6.01 Å². The van der Waals surface area contributed by atoms with Crippen LogP contribution in [0.25, 0.3) is 0 Å². The second-order valence-electron chi connectivity index (χ2n) is 2.42. The zero-order chi connectivity index (χ0) is 7.40. The zero-order valence-electron chi connectivity index (χ0n) is 6.07. The fourth-order valence-corrected chi connectivity index (χ4v) is 0.840. The third kappa shape index (κ3) is 2.31. The summed E-state index contributed by atoms with van der Waals surface area (Å²) in [6, 6.07) is 0.499. The summed E-state index contributed by atoms with van der Waals surface area (Å²) in [5, 5.41) is 0. The first-order chi connectivity index (χ1) is 4.79. The summed E-state index contributed by atoms with van der Waals surface area (Å²) >= 11 is 1.31. The maximum atomic E-state index is 5.20. The molecule has 0 saturated carbocycles. The fourth-order valence-electron chi connectivity index (χ4n) is 0.466. The smallest absolute Gasteiger partial charge is 0.328 e. The van der Waals surface area contributed by atoms with E-state index in [1.165, 1.54) is 11.5 Å². The van der Waals surface area contributed by atoms with Gasteiger partial charge in [-0.2, -0.15) is 4.98 Å². The Hall–Kier alpha value is -0.640. The van der Waals surface area contributed by atoms with Crippen LogP contribution in [-0.2, 0) is 0 Å². The molecule has 0 bridgehead atoms. The van der Waals surface area contributed by atoms with E-state index in [0.29, 0.717) is 18.5 Å². The van der Waals surface area contributed by atoms with E-state index in [9.17, 15) is 0 Å². The van der Waals surface area contributed by atoms with Crippen LogP contribution in [0.1, 0.15) is 13.8 Å². The van der Waals surface area contributed by atoms with Gasteiger partial charge in [-0.3, -0.25) is 0 Å². The van der Waals surface area contributed by atoms with Gasteiger partial charge in [-0.05, 0) is 17.5 Å². The van der Waals surface area contributed by atoms with Crippen molar-refractivity contribution in [2.75, 3.05) is 6.61 Å². The molecule has 0 saturated heterocycles. The van der Waals surface area contributed by atoms with E-state index in [2.05, 4.69) is 23.2 Å². The zero-order valence-corrected chi connectivity index (χ0v) is 6.89. The summed E-state index contributed by atoms with van der Waals surface area (Å²) in [5.74, 6) is 0.531. The number of ether oxygens (including phenoxy) is 1. The van der Waals surface area contributed by atoms with Gasteiger partial charge in [-0.1, -0.05) is 13.8 Å². The van der Waals surface area contributed by atoms with Gasteiger partial charge in [0.1, 0.15) is 5.51 Å². The van der Waals surface area contributed by atoms with Gasteiger partial charge in [-0.25, -0.2) is 0 Å². The molecule has 0 unspecified atom stereocenters. The van der Waals surface area contributed by atoms with E-state index in [-0.39, 0.29) is 0 Å². The average molecular weight is 158 g/mol. The van der Waals surface area contributed by atoms with Gasteiger partial charge in [-0.15, -0.1) is 4.37 Å². The molecule has 0 aliphatic rings. The Bertz CT molecular complexity index is 174. The summed E-state index contributed by atoms with van der Waals surface area (Å²) < 4.78 is 9.09. The molecule has 0 radical (unpaired) electrons. The van der Waals surface area contributed by atoms with Gasteiger partial charge in [0, 0.05) is 0 Å². The van der Waals surface area contributed by atoms with Crippen molar-refractivity contribution in [3.63, 3.8) is 0 Å². The molecule has 0 atom stereocenters. The van der Waals surface area contributed by atoms with Crippen LogP contribution < -0.4 is 4.74 Å². The first-order valence-corrected chi connectivity index (χ1v) is 4.02. The minimum Gasteiger partial charge on any atom is -0.463 e. The monoisotopic (exact) mass is 158 g/mol. The van der Waals surface area contributed by atoms with Gasteiger partial charge in [0.15, 0.2) is 0 Å². The lowest BCUT2D eigenvalue weighted by atomic mass is 10.2. The summed E-state index contributed by atoms with van der Waals surface area (Å²) in [4.78, 5) is 3.87. The van der Waals surface area contributed by atoms with Crippen LogP contribution in [0.15, 0.2) is 5.51 Å². The highest BCUT2D eigenvalue weighted by molar-refractivity contribution is 7.03. The fraction of sp³-hybridized carbons (Fsp3) is 0.667. The quantitative estimate of drug-likeness (QED) is 0.669. The normalized spacial score (nSPS) is 10.3. The number of aromatic nitrogens is 2. The number of nitrogens with zero attached hydrogens (tertiary/aromatic N) is 2. The molecule has 0 spiro atoms. The molecular weight excluding hydrogens is 148 g/mol. The Balaban J connectivity index is 2.28. The Morgan fingerprint density at radius 3 is 3.00 bits per heavy atom. The summed E-state index contributed by atoms with van der Waals surface area (Å²) in [7, 11) is 0. The first-order valence-electron chi connectivity index (χ1n) is 3.18. The largest absolute Gasteiger partial charge is 0.463 e. The van der Waals surface area contributed by atoms with Crippen LogP contribution >= 0.6 is 11.5 Å². The third-order valence-corrected chi connectivity index (χ3v) is 1.35. The standard InChI is InChI=1S/C6H10N2OS/c1-5(2)3-9-6-7-4-10-8-6/h4-5H,3H2,1-2H3. The van der Waals surface area contributed by atoms with Crippen molar-refractivity contribution in [2.45, 2.75) is 13.8 Å². The van der Waals surface area contributed by atoms with Gasteiger partial charge >= 0.3 is 6.01 Å². The molecule has 4 heteroatoms. The van der Waals surface area contributed by atoms with Crippen molar-refractivity contribution in [3.05, 3.63) is 5.51 Å². The minimum atomic E-state index is 0.499. The van der Waals surface area contributed by atoms with Crippen LogP contribution in [0, 0.1) is 5.92 Å². The molecule has 56 valence electrons. The maximum absolute atomic E-state index is 5.20. The summed E-state index contributed by atoms with van der Waals surface area (Å²) in [5.41, 5.74) is 1.66. The lowest BCUT2D eigenvalue weighted by molar-refractivity contribution is 0.254. The predicted octanol–water partition coefficient (Wildman–Crippen LogP) is 1.57. The molecule has 0 aliphatic heterocycles. The van der Waals surface area contributed by atoms with Gasteiger partial charge in [0.05, 0.1) is 6.61 Å². The molecule has 0 aliphatic carbocycles. The van der Waals surface area contributed by atoms with Crippen molar-refractivity contribution in [1.82, 2.24) is 9.36 Å². The molecule has 0 N–H and O–H groups in total. The molecule has 0 aromatic carbocycles. The van der Waals surface area contributed by atoms with Crippen molar-refractivity contribution >= 4 is 11.5 Å². The highest BCUT2D eigenvalue weighted by atomic mass is 32.1. The number of rotatable bonds is 3. The van der Waals surface area contributed by atoms with Crippen molar-refractivity contribution in [2.24, 2.45) is 5.92 Å². The second kappa shape index (κ2) is 3.51.